The number of nitrogens with one attached hydrogen (secondary N) is 4. The molecule has 8 nitrogen and oxygen atoms in total. The van der Waals surface area contributed by atoms with Crippen molar-refractivity contribution < 1.29 is 9.59 Å². The van der Waals surface area contributed by atoms with Crippen LogP contribution < -0.4 is 21.3 Å². The van der Waals surface area contributed by atoms with Gasteiger partial charge in [-0.05, 0) is 64.6 Å². The number of rotatable bonds is 12. The van der Waals surface area contributed by atoms with Crippen molar-refractivity contribution in [3.8, 4) is 0 Å². The van der Waals surface area contributed by atoms with Crippen LogP contribution >= 0.6 is 0 Å². The first-order chi connectivity index (χ1) is 14.7. The number of amides is 4. The van der Waals surface area contributed by atoms with Crippen molar-refractivity contribution in [1.82, 2.24) is 20.4 Å². The van der Waals surface area contributed by atoms with Crippen molar-refractivity contribution in [2.75, 3.05) is 49.9 Å². The Balaban J connectivity index is 2.60. The quantitative estimate of drug-likeness (QED) is 0.404. The smallest absolute Gasteiger partial charge is 0.319 e. The fraction of sp³-hybridized carbons (Fsp3) is 0.652. The molecule has 0 fully saturated rings. The molecule has 0 aliphatic heterocycles. The summed E-state index contributed by atoms with van der Waals surface area (Å²) >= 11 is 0. The van der Waals surface area contributed by atoms with Gasteiger partial charge in [-0.3, -0.25) is 9.80 Å². The van der Waals surface area contributed by atoms with E-state index in [2.05, 4.69) is 72.6 Å². The van der Waals surface area contributed by atoms with Gasteiger partial charge >= 0.3 is 12.1 Å². The van der Waals surface area contributed by atoms with Gasteiger partial charge in [0.15, 0.2) is 0 Å². The predicted molar refractivity (Wildman–Crippen MR) is 130 cm³/mol. The fourth-order valence-corrected chi connectivity index (χ4v) is 3.61. The lowest BCUT2D eigenvalue weighted by atomic mass is 10.2. The van der Waals surface area contributed by atoms with Crippen molar-refractivity contribution in [3.63, 3.8) is 0 Å². The first-order valence-electron chi connectivity index (χ1n) is 11.4. The van der Waals surface area contributed by atoms with Gasteiger partial charge in [-0.1, -0.05) is 33.8 Å². The molecule has 1 aromatic carbocycles. The van der Waals surface area contributed by atoms with Gasteiger partial charge in [0.05, 0.1) is 0 Å². The molecular weight excluding hydrogens is 392 g/mol. The normalized spacial score (nSPS) is 13.1. The number of benzene rings is 1. The Bertz CT molecular complexity index is 689. The molecule has 2 atom stereocenters. The van der Waals surface area contributed by atoms with Crippen LogP contribution in [-0.2, 0) is 0 Å². The minimum Gasteiger partial charge on any atom is -0.336 e. The molecule has 4 N–H and O–H groups in total. The van der Waals surface area contributed by atoms with Gasteiger partial charge in [-0.25, -0.2) is 9.59 Å². The molecule has 31 heavy (non-hydrogen) atoms. The third-order valence-electron chi connectivity index (χ3n) is 5.73. The van der Waals surface area contributed by atoms with Gasteiger partial charge in [-0.2, -0.15) is 0 Å². The Morgan fingerprint density at radius 3 is 1.71 bits per heavy atom. The standard InChI is InChI=1S/C23H42N6O2/c1-8-28(9-2)18(6)15-24-22(30)26-20-13-12-17(5)21(14-20)27-23(31)25-16-19(7)29(10-3)11-4/h12-14,18-19H,8-11,15-16H2,1-7H3,(H2,24,26,30)(H2,25,27,31)/t18-,19+/m1/s1. The van der Waals surface area contributed by atoms with E-state index in [4.69, 9.17) is 0 Å². The molecule has 0 bridgehead atoms. The zero-order chi connectivity index (χ0) is 23.4. The third kappa shape index (κ3) is 9.14. The first kappa shape index (κ1) is 26.7. The summed E-state index contributed by atoms with van der Waals surface area (Å²) in [6.07, 6.45) is 0. The van der Waals surface area contributed by atoms with Crippen molar-refractivity contribution in [1.29, 1.82) is 0 Å². The summed E-state index contributed by atoms with van der Waals surface area (Å²) in [4.78, 5) is 29.2. The molecule has 0 aliphatic carbocycles. The summed E-state index contributed by atoms with van der Waals surface area (Å²) in [6, 6.07) is 5.49. The lowest BCUT2D eigenvalue weighted by Gasteiger charge is -2.26. The van der Waals surface area contributed by atoms with Crippen LogP contribution in [0.5, 0.6) is 0 Å². The number of carbonyl (C=O) groups excluding carboxylic acids is 2. The summed E-state index contributed by atoms with van der Waals surface area (Å²) in [6.45, 7) is 19.5. The van der Waals surface area contributed by atoms with Crippen LogP contribution in [0.4, 0.5) is 21.0 Å². The number of anilines is 2. The average Bonchev–Trinajstić information content (AvgIpc) is 2.75. The topological polar surface area (TPSA) is 88.7 Å². The molecule has 0 unspecified atom stereocenters. The molecule has 8 heteroatoms. The largest absolute Gasteiger partial charge is 0.336 e. The van der Waals surface area contributed by atoms with E-state index in [9.17, 15) is 9.59 Å². The molecule has 0 heterocycles. The van der Waals surface area contributed by atoms with Crippen molar-refractivity contribution in [2.24, 2.45) is 0 Å². The van der Waals surface area contributed by atoms with Crippen LogP contribution in [0.25, 0.3) is 0 Å². The zero-order valence-electron chi connectivity index (χ0n) is 20.3. The minimum absolute atomic E-state index is 0.253. The second-order valence-electron chi connectivity index (χ2n) is 7.84. The van der Waals surface area contributed by atoms with E-state index in [-0.39, 0.29) is 24.1 Å². The molecule has 0 spiro atoms. The number of hydrogen-bond acceptors (Lipinski definition) is 4. The van der Waals surface area contributed by atoms with E-state index < -0.39 is 0 Å². The first-order valence-corrected chi connectivity index (χ1v) is 11.4. The maximum Gasteiger partial charge on any atom is 0.319 e. The number of urea groups is 2. The summed E-state index contributed by atoms with van der Waals surface area (Å²) in [5.74, 6) is 0. The van der Waals surface area contributed by atoms with Crippen molar-refractivity contribution in [2.45, 2.75) is 60.5 Å². The van der Waals surface area contributed by atoms with Crippen molar-refractivity contribution >= 4 is 23.4 Å². The Labute approximate surface area is 188 Å². The van der Waals surface area contributed by atoms with E-state index >= 15 is 0 Å². The molecule has 176 valence electrons. The molecule has 4 amide bonds. The van der Waals surface area contributed by atoms with E-state index in [0.717, 1.165) is 31.7 Å². The maximum absolute atomic E-state index is 12.4. The number of nitrogens with zero attached hydrogens (tertiary/aromatic N) is 2. The van der Waals surface area contributed by atoms with Crippen LogP contribution in [0, 0.1) is 6.92 Å². The Hall–Kier alpha value is -2.32. The average molecular weight is 435 g/mol. The molecule has 0 aliphatic rings. The summed E-state index contributed by atoms with van der Waals surface area (Å²) in [5.41, 5.74) is 2.22. The highest BCUT2D eigenvalue weighted by atomic mass is 16.2. The van der Waals surface area contributed by atoms with E-state index in [0.29, 0.717) is 24.5 Å². The number of hydrogen-bond donors (Lipinski definition) is 4. The second kappa shape index (κ2) is 13.9. The summed E-state index contributed by atoms with van der Waals surface area (Å²) in [5, 5.41) is 11.6. The lowest BCUT2D eigenvalue weighted by Crippen LogP contribution is -2.43. The predicted octanol–water partition coefficient (Wildman–Crippen LogP) is 3.70. The minimum atomic E-state index is -0.258. The maximum atomic E-state index is 12.4. The zero-order valence-corrected chi connectivity index (χ0v) is 20.3. The van der Waals surface area contributed by atoms with Gasteiger partial charge < -0.3 is 21.3 Å². The highest BCUT2D eigenvalue weighted by Gasteiger charge is 2.13. The highest BCUT2D eigenvalue weighted by molar-refractivity contribution is 5.93. The van der Waals surface area contributed by atoms with Gasteiger partial charge in [0, 0.05) is 36.5 Å². The monoisotopic (exact) mass is 434 g/mol. The van der Waals surface area contributed by atoms with Crippen molar-refractivity contribution in [3.05, 3.63) is 23.8 Å². The Morgan fingerprint density at radius 1 is 0.806 bits per heavy atom. The van der Waals surface area contributed by atoms with Crippen LogP contribution in [0.2, 0.25) is 0 Å². The van der Waals surface area contributed by atoms with Crippen LogP contribution in [0.15, 0.2) is 18.2 Å². The molecule has 0 aromatic heterocycles. The number of likely N-dealkylation sites (N-methyl/N-ethyl adjacent to an activating group) is 2. The molecule has 0 saturated carbocycles. The Kier molecular flexibility index (Phi) is 12.0. The van der Waals surface area contributed by atoms with E-state index in [1.165, 1.54) is 0 Å². The van der Waals surface area contributed by atoms with Crippen LogP contribution in [0.3, 0.4) is 0 Å². The van der Waals surface area contributed by atoms with E-state index in [1.54, 1.807) is 6.07 Å². The third-order valence-corrected chi connectivity index (χ3v) is 5.73. The SMILES string of the molecule is CCN(CC)[C@H](C)CNC(=O)Nc1ccc(C)c(NC(=O)NC[C@H](C)N(CC)CC)c1. The van der Waals surface area contributed by atoms with Gasteiger partial charge in [0.2, 0.25) is 0 Å². The fourth-order valence-electron chi connectivity index (χ4n) is 3.61. The molecule has 0 saturated heterocycles. The number of aryl methyl sites for hydroxylation is 1. The van der Waals surface area contributed by atoms with Crippen LogP contribution in [-0.4, -0.2) is 73.2 Å². The molecule has 1 rings (SSSR count). The van der Waals surface area contributed by atoms with Gasteiger partial charge in [-0.15, -0.1) is 0 Å². The lowest BCUT2D eigenvalue weighted by molar-refractivity contribution is 0.219. The molecule has 0 radical (unpaired) electrons. The summed E-state index contributed by atoms with van der Waals surface area (Å²) < 4.78 is 0. The molecular formula is C23H42N6O2. The number of carbonyl (C=O) groups is 2. The summed E-state index contributed by atoms with van der Waals surface area (Å²) in [7, 11) is 0. The van der Waals surface area contributed by atoms with Gasteiger partial charge in [0.25, 0.3) is 0 Å². The highest BCUT2D eigenvalue weighted by Crippen LogP contribution is 2.20. The second-order valence-corrected chi connectivity index (χ2v) is 7.84. The Morgan fingerprint density at radius 2 is 1.26 bits per heavy atom. The van der Waals surface area contributed by atoms with Crippen LogP contribution in [0.1, 0.15) is 47.1 Å². The van der Waals surface area contributed by atoms with Gasteiger partial charge in [0.1, 0.15) is 0 Å². The van der Waals surface area contributed by atoms with E-state index in [1.807, 2.05) is 19.1 Å². The molecule has 1 aromatic rings.